The zero-order chi connectivity index (χ0) is 23.5. The van der Waals surface area contributed by atoms with Crippen molar-refractivity contribution in [3.63, 3.8) is 0 Å². The van der Waals surface area contributed by atoms with E-state index in [1.165, 1.54) is 30.0 Å². The first-order chi connectivity index (χ1) is 15.8. The van der Waals surface area contributed by atoms with Gasteiger partial charge in [-0.3, -0.25) is 19.8 Å². The first-order valence-electron chi connectivity index (χ1n) is 10.0. The van der Waals surface area contributed by atoms with Crippen molar-refractivity contribution in [2.75, 3.05) is 18.0 Å². The third kappa shape index (κ3) is 4.97. The van der Waals surface area contributed by atoms with Crippen LogP contribution in [0.4, 0.5) is 20.8 Å². The fourth-order valence-corrected chi connectivity index (χ4v) is 3.47. The molecular weight excluding hydrogens is 435 g/mol. The van der Waals surface area contributed by atoms with E-state index in [2.05, 4.69) is 5.32 Å². The molecule has 0 bridgehead atoms. The van der Waals surface area contributed by atoms with Gasteiger partial charge in [0.15, 0.2) is 18.2 Å². The van der Waals surface area contributed by atoms with Crippen LogP contribution in [0.3, 0.4) is 0 Å². The summed E-state index contributed by atoms with van der Waals surface area (Å²) in [6.07, 6.45) is 2.31. The Hall–Kier alpha value is -4.28. The van der Waals surface area contributed by atoms with Crippen LogP contribution >= 0.6 is 0 Å². The number of anilines is 1. The number of aromatic nitrogens is 1. The van der Waals surface area contributed by atoms with E-state index in [9.17, 15) is 24.1 Å². The fourth-order valence-electron chi connectivity index (χ4n) is 3.47. The molecule has 0 radical (unpaired) electrons. The van der Waals surface area contributed by atoms with Crippen LogP contribution in [-0.2, 0) is 16.1 Å². The minimum atomic E-state index is -0.602. The lowest BCUT2D eigenvalue weighted by Gasteiger charge is -2.14. The number of benzene rings is 1. The highest BCUT2D eigenvalue weighted by atomic mass is 19.1. The van der Waals surface area contributed by atoms with Crippen LogP contribution in [0.15, 0.2) is 59.3 Å². The second kappa shape index (κ2) is 9.07. The molecule has 1 aliphatic heterocycles. The van der Waals surface area contributed by atoms with Crippen LogP contribution in [0.25, 0.3) is 11.1 Å². The smallest absolute Gasteiger partial charge is 0.433 e. The van der Waals surface area contributed by atoms with Crippen molar-refractivity contribution in [2.24, 2.45) is 0 Å². The van der Waals surface area contributed by atoms with Gasteiger partial charge in [0, 0.05) is 24.6 Å². The summed E-state index contributed by atoms with van der Waals surface area (Å²) in [5, 5.41) is 13.3. The highest BCUT2D eigenvalue weighted by molar-refractivity contribution is 5.90. The van der Waals surface area contributed by atoms with E-state index in [-0.39, 0.29) is 31.4 Å². The zero-order valence-electron chi connectivity index (χ0n) is 17.6. The lowest BCUT2D eigenvalue weighted by molar-refractivity contribution is -0.690. The summed E-state index contributed by atoms with van der Waals surface area (Å²) < 4.78 is 27.0. The van der Waals surface area contributed by atoms with Crippen LogP contribution in [0.2, 0.25) is 0 Å². The van der Waals surface area contributed by atoms with Crippen molar-refractivity contribution < 1.29 is 32.6 Å². The van der Waals surface area contributed by atoms with E-state index in [4.69, 9.17) is 9.15 Å². The molecule has 0 aliphatic carbocycles. The summed E-state index contributed by atoms with van der Waals surface area (Å²) in [5.41, 5.74) is 1.33. The first-order valence-corrected chi connectivity index (χ1v) is 10.0. The number of carbonyl (C=O) groups is 2. The molecule has 1 saturated heterocycles. The molecule has 0 saturated carbocycles. The van der Waals surface area contributed by atoms with Gasteiger partial charge in [0.25, 0.3) is 0 Å². The van der Waals surface area contributed by atoms with Gasteiger partial charge in [-0.1, -0.05) is 0 Å². The van der Waals surface area contributed by atoms with Crippen LogP contribution in [-0.4, -0.2) is 36.1 Å². The molecule has 1 aromatic carbocycles. The number of rotatable bonds is 7. The van der Waals surface area contributed by atoms with Crippen molar-refractivity contribution in [1.82, 2.24) is 5.32 Å². The maximum absolute atomic E-state index is 14.9. The van der Waals surface area contributed by atoms with Crippen LogP contribution < -0.4 is 14.8 Å². The minimum Gasteiger partial charge on any atom is -0.442 e. The third-order valence-corrected chi connectivity index (χ3v) is 5.09. The number of furan rings is 1. The molecule has 170 valence electrons. The Balaban J connectivity index is 1.45. The molecule has 0 spiro atoms. The monoisotopic (exact) mass is 455 g/mol. The van der Waals surface area contributed by atoms with E-state index in [1.54, 1.807) is 41.2 Å². The zero-order valence-corrected chi connectivity index (χ0v) is 17.6. The van der Waals surface area contributed by atoms with Gasteiger partial charge < -0.3 is 14.5 Å². The number of carbonyl (C=O) groups excluding carboxylic acids is 2. The number of cyclic esters (lactones) is 1. The van der Waals surface area contributed by atoms with Gasteiger partial charge in [0.1, 0.15) is 16.8 Å². The predicted octanol–water partition coefficient (Wildman–Crippen LogP) is 2.79. The largest absolute Gasteiger partial charge is 0.442 e. The van der Waals surface area contributed by atoms with Crippen molar-refractivity contribution in [1.29, 1.82) is 0 Å². The number of halogens is 1. The highest BCUT2D eigenvalue weighted by Gasteiger charge is 2.32. The van der Waals surface area contributed by atoms with E-state index in [0.717, 1.165) is 0 Å². The van der Waals surface area contributed by atoms with Crippen molar-refractivity contribution >= 4 is 23.6 Å². The summed E-state index contributed by atoms with van der Waals surface area (Å²) in [4.78, 5) is 34.6. The van der Waals surface area contributed by atoms with Gasteiger partial charge in [0.2, 0.25) is 12.5 Å². The molecule has 3 heterocycles. The molecule has 10 nitrogen and oxygen atoms in total. The highest BCUT2D eigenvalue weighted by Crippen LogP contribution is 2.28. The molecule has 1 atom stereocenters. The number of nitrogens with zero attached hydrogens (tertiary/aromatic N) is 3. The summed E-state index contributed by atoms with van der Waals surface area (Å²) in [6.45, 7) is 2.05. The number of nitro groups is 1. The number of ether oxygens (including phenoxy) is 1. The first kappa shape index (κ1) is 21.9. The van der Waals surface area contributed by atoms with E-state index >= 15 is 0 Å². The van der Waals surface area contributed by atoms with Crippen LogP contribution in [0.1, 0.15) is 12.7 Å². The average Bonchev–Trinajstić information content (AvgIpc) is 3.39. The van der Waals surface area contributed by atoms with E-state index < -0.39 is 22.9 Å². The molecule has 33 heavy (non-hydrogen) atoms. The molecule has 11 heteroatoms. The number of hydrogen-bond donors (Lipinski definition) is 1. The molecule has 3 aromatic rings. The summed E-state index contributed by atoms with van der Waals surface area (Å²) in [7, 11) is 0. The van der Waals surface area contributed by atoms with Crippen molar-refractivity contribution in [2.45, 2.75) is 19.6 Å². The average molecular weight is 455 g/mol. The quantitative estimate of drug-likeness (QED) is 0.332. The van der Waals surface area contributed by atoms with Crippen molar-refractivity contribution in [3.05, 3.63) is 76.6 Å². The van der Waals surface area contributed by atoms with Crippen LogP contribution in [0.5, 0.6) is 0 Å². The summed E-state index contributed by atoms with van der Waals surface area (Å²) in [5.74, 6) is -0.642. The van der Waals surface area contributed by atoms with Gasteiger partial charge >= 0.3 is 12.0 Å². The Morgan fingerprint density at radius 2 is 2.03 bits per heavy atom. The van der Waals surface area contributed by atoms with Crippen molar-refractivity contribution in [3.8, 4) is 11.1 Å². The lowest BCUT2D eigenvalue weighted by Crippen LogP contribution is -2.33. The Morgan fingerprint density at radius 1 is 1.27 bits per heavy atom. The van der Waals surface area contributed by atoms with E-state index in [1.807, 2.05) is 0 Å². The number of nitrogens with one attached hydrogen (secondary N) is 1. The Labute approximate surface area is 187 Å². The number of pyridine rings is 1. The molecule has 1 fully saturated rings. The Kier molecular flexibility index (Phi) is 6.03. The maximum Gasteiger partial charge on any atom is 0.433 e. The SMILES string of the molecule is CC(=O)NC[C@H]1CN(c2ccc(-c3cc[n+](Cc4ccc([N+](=O)[O-])o4)cc3)c(F)c2)C(=O)O1. The van der Waals surface area contributed by atoms with Gasteiger partial charge in [0.05, 0.1) is 24.8 Å². The molecule has 2 aromatic heterocycles. The number of hydrogen-bond acceptors (Lipinski definition) is 6. The molecule has 1 N–H and O–H groups in total. The molecule has 1 aliphatic rings. The summed E-state index contributed by atoms with van der Waals surface area (Å²) >= 11 is 0. The minimum absolute atomic E-state index is 0.188. The predicted molar refractivity (Wildman–Crippen MR) is 113 cm³/mol. The molecule has 2 amide bonds. The maximum atomic E-state index is 14.9. The third-order valence-electron chi connectivity index (χ3n) is 5.09. The Bertz CT molecular complexity index is 1210. The molecule has 0 unspecified atom stereocenters. The van der Waals surface area contributed by atoms with Gasteiger partial charge in [-0.2, -0.15) is 4.57 Å². The number of amides is 2. The summed E-state index contributed by atoms with van der Waals surface area (Å²) in [6, 6.07) is 10.7. The molecule has 4 rings (SSSR count). The molecular formula is C22H20FN4O6+. The normalized spacial score (nSPS) is 15.4. The lowest BCUT2D eigenvalue weighted by atomic mass is 10.1. The van der Waals surface area contributed by atoms with Crippen LogP contribution in [0, 0.1) is 15.9 Å². The van der Waals surface area contributed by atoms with Gasteiger partial charge in [-0.05, 0) is 29.8 Å². The Morgan fingerprint density at radius 3 is 2.67 bits per heavy atom. The second-order valence-electron chi connectivity index (χ2n) is 7.47. The van der Waals surface area contributed by atoms with Gasteiger partial charge in [-0.15, -0.1) is 0 Å². The van der Waals surface area contributed by atoms with E-state index in [0.29, 0.717) is 22.6 Å². The fraction of sp³-hybridized carbons (Fsp3) is 0.227. The van der Waals surface area contributed by atoms with Gasteiger partial charge in [-0.25, -0.2) is 9.18 Å². The standard InChI is InChI=1S/C22H19FN4O6/c1-14(28)24-11-18-13-26(22(29)33-18)16-2-4-19(20(23)10-16)15-6-8-25(9-7-15)12-17-3-5-21(32-17)27(30)31/h2-10,18H,11-13H2,1H3/p+1/t18-/m0/s1. The topological polar surface area (TPSA) is 119 Å². The second-order valence-corrected chi connectivity index (χ2v) is 7.47.